The van der Waals surface area contributed by atoms with Crippen LogP contribution in [0.4, 0.5) is 11.4 Å². The van der Waals surface area contributed by atoms with Gasteiger partial charge in [0.15, 0.2) is 0 Å². The zero-order valence-corrected chi connectivity index (χ0v) is 33.2. The van der Waals surface area contributed by atoms with Crippen LogP contribution in [0.1, 0.15) is 139 Å². The molecule has 7 heteroatoms. The van der Waals surface area contributed by atoms with E-state index in [2.05, 4.69) is 100 Å². The summed E-state index contributed by atoms with van der Waals surface area (Å²) in [5.41, 5.74) is 9.37. The third-order valence-corrected chi connectivity index (χ3v) is 10.1. The molecule has 2 heterocycles. The van der Waals surface area contributed by atoms with Crippen LogP contribution in [-0.2, 0) is 0 Å². The molecule has 0 fully saturated rings. The molecule has 3 aromatic rings. The van der Waals surface area contributed by atoms with Crippen molar-refractivity contribution in [1.82, 2.24) is 9.78 Å². The van der Waals surface area contributed by atoms with Gasteiger partial charge in [0.2, 0.25) is 0 Å². The van der Waals surface area contributed by atoms with E-state index in [0.717, 1.165) is 59.3 Å². The molecule has 0 aliphatic carbocycles. The lowest BCUT2D eigenvalue weighted by Gasteiger charge is -2.26. The van der Waals surface area contributed by atoms with Crippen LogP contribution in [0.2, 0.25) is 0 Å². The zero-order valence-electron chi connectivity index (χ0n) is 33.2. The van der Waals surface area contributed by atoms with E-state index in [-0.39, 0.29) is 0 Å². The zero-order chi connectivity index (χ0) is 36.6. The maximum atomic E-state index is 6.02. The highest BCUT2D eigenvalue weighted by atomic mass is 16.5. The standard InChI is InChI=1S/C44H66N6O/c1-9-12-15-17-19-21-28-49(29-22-20-18-16-13-10-2)39-25-26-42(51-8)40(33-39)43-41(45-44(46-43)50-36(6)31-35(5)47-50)32-37-23-24-38(30-34(37)4)48(7)27-14-11-3/h23-26,30-33H,9-22,27-29H2,1-8H3/b41-32-. The number of aromatic nitrogens is 2. The minimum atomic E-state index is 0.582. The molecule has 1 aliphatic rings. The first-order chi connectivity index (χ1) is 24.8. The monoisotopic (exact) mass is 695 g/mol. The molecule has 0 saturated carbocycles. The summed E-state index contributed by atoms with van der Waals surface area (Å²) in [6.45, 7) is 16.2. The predicted octanol–water partition coefficient (Wildman–Crippen LogP) is 11.3. The summed E-state index contributed by atoms with van der Waals surface area (Å²) in [4.78, 5) is 15.3. The number of unbranched alkanes of at least 4 members (excludes halogenated alkanes) is 11. The van der Waals surface area contributed by atoms with Gasteiger partial charge >= 0.3 is 0 Å². The van der Waals surface area contributed by atoms with Crippen molar-refractivity contribution in [2.24, 2.45) is 9.98 Å². The lowest BCUT2D eigenvalue weighted by atomic mass is 10.0. The van der Waals surface area contributed by atoms with Crippen LogP contribution in [0, 0.1) is 20.8 Å². The molecule has 4 rings (SSSR count). The van der Waals surface area contributed by atoms with E-state index in [0.29, 0.717) is 5.96 Å². The fraction of sp³-hybridized carbons (Fsp3) is 0.568. The number of anilines is 2. The molecule has 0 atom stereocenters. The second-order valence-electron chi connectivity index (χ2n) is 14.5. The molecule has 7 nitrogen and oxygen atoms in total. The predicted molar refractivity (Wildman–Crippen MR) is 220 cm³/mol. The van der Waals surface area contributed by atoms with Gasteiger partial charge in [-0.1, -0.05) is 97.5 Å². The van der Waals surface area contributed by atoms with Crippen LogP contribution in [0.15, 0.2) is 58.1 Å². The lowest BCUT2D eigenvalue weighted by molar-refractivity contribution is 0.414. The summed E-state index contributed by atoms with van der Waals surface area (Å²) < 4.78 is 7.88. The second-order valence-corrected chi connectivity index (χ2v) is 14.5. The van der Waals surface area contributed by atoms with E-state index < -0.39 is 0 Å². The Morgan fingerprint density at radius 1 is 0.686 bits per heavy atom. The van der Waals surface area contributed by atoms with Gasteiger partial charge in [-0.05, 0) is 93.6 Å². The van der Waals surface area contributed by atoms with E-state index in [1.54, 1.807) is 7.11 Å². The molecule has 0 amide bonds. The third kappa shape index (κ3) is 11.6. The van der Waals surface area contributed by atoms with Gasteiger partial charge in [-0.15, -0.1) is 0 Å². The Labute approximate surface area is 309 Å². The van der Waals surface area contributed by atoms with Crippen LogP contribution in [0.3, 0.4) is 0 Å². The second kappa shape index (κ2) is 20.8. The molecule has 0 spiro atoms. The van der Waals surface area contributed by atoms with Gasteiger partial charge in [-0.25, -0.2) is 14.7 Å². The van der Waals surface area contributed by atoms with Crippen LogP contribution in [-0.4, -0.2) is 55.2 Å². The van der Waals surface area contributed by atoms with Crippen LogP contribution >= 0.6 is 0 Å². The first-order valence-electron chi connectivity index (χ1n) is 20.0. The van der Waals surface area contributed by atoms with Gasteiger partial charge in [0, 0.05) is 49.3 Å². The fourth-order valence-electron chi connectivity index (χ4n) is 6.91. The number of methoxy groups -OCH3 is 1. The van der Waals surface area contributed by atoms with E-state index >= 15 is 0 Å². The topological polar surface area (TPSA) is 58.2 Å². The normalized spacial score (nSPS) is 13.5. The molecular weight excluding hydrogens is 629 g/mol. The number of rotatable bonds is 22. The van der Waals surface area contributed by atoms with E-state index in [1.165, 1.54) is 107 Å². The van der Waals surface area contributed by atoms with Gasteiger partial charge in [0.25, 0.3) is 5.96 Å². The smallest absolute Gasteiger partial charge is 0.252 e. The van der Waals surface area contributed by atoms with Crippen molar-refractivity contribution in [1.29, 1.82) is 0 Å². The summed E-state index contributed by atoms with van der Waals surface area (Å²) in [6.07, 6.45) is 20.1. The Hall–Kier alpha value is -3.87. The van der Waals surface area contributed by atoms with E-state index in [9.17, 15) is 0 Å². The fourth-order valence-corrected chi connectivity index (χ4v) is 6.91. The summed E-state index contributed by atoms with van der Waals surface area (Å²) in [5.74, 6) is 1.39. The van der Waals surface area contributed by atoms with E-state index in [1.807, 2.05) is 11.6 Å². The van der Waals surface area contributed by atoms with Gasteiger partial charge in [-0.2, -0.15) is 5.10 Å². The number of ether oxygens (including phenoxy) is 1. The summed E-state index contributed by atoms with van der Waals surface area (Å²) >= 11 is 0. The highest BCUT2D eigenvalue weighted by Crippen LogP contribution is 2.32. The van der Waals surface area contributed by atoms with Crippen molar-refractivity contribution in [3.05, 3.63) is 76.2 Å². The first-order valence-corrected chi connectivity index (χ1v) is 20.0. The van der Waals surface area contributed by atoms with Crippen molar-refractivity contribution < 1.29 is 4.74 Å². The largest absolute Gasteiger partial charge is 0.496 e. The number of aryl methyl sites for hydroxylation is 3. The number of nitrogens with zero attached hydrogens (tertiary/aromatic N) is 6. The van der Waals surface area contributed by atoms with Crippen molar-refractivity contribution in [3.63, 3.8) is 0 Å². The number of benzene rings is 2. The molecule has 0 N–H and O–H groups in total. The minimum Gasteiger partial charge on any atom is -0.496 e. The highest BCUT2D eigenvalue weighted by Gasteiger charge is 2.25. The average molecular weight is 695 g/mol. The molecule has 0 radical (unpaired) electrons. The van der Waals surface area contributed by atoms with Gasteiger partial charge in [0.05, 0.1) is 18.5 Å². The lowest BCUT2D eigenvalue weighted by Crippen LogP contribution is -2.26. The molecule has 0 bridgehead atoms. The van der Waals surface area contributed by atoms with Gasteiger partial charge in [0.1, 0.15) is 11.5 Å². The Morgan fingerprint density at radius 3 is 1.90 bits per heavy atom. The van der Waals surface area contributed by atoms with Crippen LogP contribution < -0.4 is 14.5 Å². The van der Waals surface area contributed by atoms with Gasteiger partial charge < -0.3 is 14.5 Å². The molecule has 1 aliphatic heterocycles. The molecule has 0 unspecified atom stereocenters. The Bertz CT molecular complexity index is 1600. The molecule has 278 valence electrons. The Morgan fingerprint density at radius 2 is 1.31 bits per heavy atom. The SMILES string of the molecule is CCCCCCCCN(CCCCCCCC)c1ccc(OC)c(C2=NC(n3nc(C)cc3C)=N/C2=C\c2ccc(N(C)CCCC)cc2C)c1. The number of hydrogen-bond acceptors (Lipinski definition) is 6. The maximum Gasteiger partial charge on any atom is 0.252 e. The molecule has 2 aromatic carbocycles. The van der Waals surface area contributed by atoms with Crippen molar-refractivity contribution in [2.45, 2.75) is 131 Å². The summed E-state index contributed by atoms with van der Waals surface area (Å²) in [5, 5.41) is 4.75. The van der Waals surface area contributed by atoms with Crippen LogP contribution in [0.25, 0.3) is 6.08 Å². The summed E-state index contributed by atoms with van der Waals surface area (Å²) in [7, 11) is 3.93. The minimum absolute atomic E-state index is 0.582. The Kier molecular flexibility index (Phi) is 16.3. The van der Waals surface area contributed by atoms with Crippen molar-refractivity contribution in [2.75, 3.05) is 43.6 Å². The summed E-state index contributed by atoms with van der Waals surface area (Å²) in [6, 6.07) is 15.4. The highest BCUT2D eigenvalue weighted by molar-refractivity contribution is 6.24. The van der Waals surface area contributed by atoms with E-state index in [4.69, 9.17) is 19.8 Å². The quantitative estimate of drug-likeness (QED) is 0.0982. The molecule has 0 saturated heterocycles. The van der Waals surface area contributed by atoms with Crippen molar-refractivity contribution in [3.8, 4) is 5.75 Å². The number of hydrogen-bond donors (Lipinski definition) is 0. The first kappa shape index (κ1) is 39.9. The molecule has 1 aromatic heterocycles. The number of aliphatic imine (C=N–C) groups is 2. The Balaban J connectivity index is 1.71. The average Bonchev–Trinajstić information content (AvgIpc) is 3.70. The van der Waals surface area contributed by atoms with Crippen LogP contribution in [0.5, 0.6) is 5.75 Å². The van der Waals surface area contributed by atoms with Crippen molar-refractivity contribution >= 4 is 29.1 Å². The van der Waals surface area contributed by atoms with Gasteiger partial charge in [-0.3, -0.25) is 0 Å². The molecular formula is C44H66N6O. The maximum absolute atomic E-state index is 6.02. The third-order valence-electron chi connectivity index (χ3n) is 10.1. The molecule has 51 heavy (non-hydrogen) atoms. The number of allylic oxidation sites excluding steroid dienone is 1.